The SMILES string of the molecule is CC(=O)c1cnc2ccc(-c3cc(Cl)c(O)c(Cl)c3)cc2c1Nc1ccc(CN)cc1. The fourth-order valence-electron chi connectivity index (χ4n) is 3.37. The minimum Gasteiger partial charge on any atom is -0.505 e. The number of pyridine rings is 1. The van der Waals surface area contributed by atoms with E-state index in [2.05, 4.69) is 10.3 Å². The van der Waals surface area contributed by atoms with E-state index in [0.29, 0.717) is 17.8 Å². The number of halogens is 2. The second kappa shape index (κ2) is 8.55. The van der Waals surface area contributed by atoms with Crippen LogP contribution in [0.1, 0.15) is 22.8 Å². The second-order valence-corrected chi connectivity index (χ2v) is 7.96. The molecule has 156 valence electrons. The lowest BCUT2D eigenvalue weighted by molar-refractivity contribution is 0.101. The van der Waals surface area contributed by atoms with Gasteiger partial charge in [-0.2, -0.15) is 0 Å². The van der Waals surface area contributed by atoms with E-state index in [0.717, 1.165) is 33.3 Å². The summed E-state index contributed by atoms with van der Waals surface area (Å²) in [6.07, 6.45) is 1.58. The molecule has 0 saturated heterocycles. The lowest BCUT2D eigenvalue weighted by atomic mass is 10.00. The summed E-state index contributed by atoms with van der Waals surface area (Å²) in [7, 11) is 0. The predicted molar refractivity (Wildman–Crippen MR) is 126 cm³/mol. The maximum Gasteiger partial charge on any atom is 0.163 e. The van der Waals surface area contributed by atoms with Crippen molar-refractivity contribution in [3.63, 3.8) is 0 Å². The molecule has 0 amide bonds. The van der Waals surface area contributed by atoms with Gasteiger partial charge in [0.05, 0.1) is 26.8 Å². The summed E-state index contributed by atoms with van der Waals surface area (Å²) in [6, 6.07) is 16.7. The molecule has 3 aromatic carbocycles. The van der Waals surface area contributed by atoms with Crippen molar-refractivity contribution in [2.45, 2.75) is 13.5 Å². The molecule has 0 unspecified atom stereocenters. The molecule has 0 fully saturated rings. The van der Waals surface area contributed by atoms with Gasteiger partial charge in [0.2, 0.25) is 0 Å². The smallest absolute Gasteiger partial charge is 0.163 e. The number of carbonyl (C=O) groups excluding carboxylic acids is 1. The molecule has 0 atom stereocenters. The number of benzene rings is 3. The van der Waals surface area contributed by atoms with Crippen molar-refractivity contribution in [2.24, 2.45) is 5.73 Å². The van der Waals surface area contributed by atoms with Crippen molar-refractivity contribution >= 4 is 51.3 Å². The molecule has 5 nitrogen and oxygen atoms in total. The number of aromatic hydroxyl groups is 1. The zero-order valence-corrected chi connectivity index (χ0v) is 18.1. The first kappa shape index (κ1) is 21.1. The van der Waals surface area contributed by atoms with Gasteiger partial charge in [0.1, 0.15) is 0 Å². The highest BCUT2D eigenvalue weighted by molar-refractivity contribution is 6.37. The van der Waals surface area contributed by atoms with E-state index < -0.39 is 0 Å². The Kier molecular flexibility index (Phi) is 5.83. The number of hydrogen-bond acceptors (Lipinski definition) is 5. The number of aromatic nitrogens is 1. The molecule has 4 rings (SSSR count). The Hall–Kier alpha value is -3.12. The number of phenolic OH excluding ortho intramolecular Hbond substituents is 1. The molecule has 0 aliphatic heterocycles. The Morgan fingerprint density at radius 1 is 1.03 bits per heavy atom. The molecule has 0 radical (unpaired) electrons. The topological polar surface area (TPSA) is 88.2 Å². The molecule has 0 spiro atoms. The van der Waals surface area contributed by atoms with E-state index in [-0.39, 0.29) is 21.6 Å². The van der Waals surface area contributed by atoms with E-state index >= 15 is 0 Å². The molecular formula is C24H19Cl2N3O2. The number of carbonyl (C=O) groups is 1. The number of nitrogens with one attached hydrogen (secondary N) is 1. The number of nitrogens with two attached hydrogens (primary N) is 1. The van der Waals surface area contributed by atoms with E-state index in [1.807, 2.05) is 42.5 Å². The van der Waals surface area contributed by atoms with Gasteiger partial charge in [0.25, 0.3) is 0 Å². The molecule has 4 N–H and O–H groups in total. The molecule has 0 saturated carbocycles. The first-order valence-corrected chi connectivity index (χ1v) is 10.3. The molecule has 1 aromatic heterocycles. The lowest BCUT2D eigenvalue weighted by Crippen LogP contribution is -2.03. The van der Waals surface area contributed by atoms with E-state index in [1.54, 1.807) is 18.3 Å². The largest absolute Gasteiger partial charge is 0.505 e. The lowest BCUT2D eigenvalue weighted by Gasteiger charge is -2.15. The quantitative estimate of drug-likeness (QED) is 0.309. The predicted octanol–water partition coefficient (Wildman–Crippen LogP) is 6.32. The van der Waals surface area contributed by atoms with Gasteiger partial charge in [-0.1, -0.05) is 41.4 Å². The first-order valence-electron chi connectivity index (χ1n) is 9.55. The molecular weight excluding hydrogens is 433 g/mol. The molecule has 0 aliphatic carbocycles. The number of fused-ring (bicyclic) bond motifs is 1. The minimum atomic E-state index is -0.156. The van der Waals surface area contributed by atoms with Crippen LogP contribution in [0.3, 0.4) is 0 Å². The molecule has 4 aromatic rings. The monoisotopic (exact) mass is 451 g/mol. The molecule has 7 heteroatoms. The molecule has 0 aliphatic rings. The summed E-state index contributed by atoms with van der Waals surface area (Å²) in [6.45, 7) is 1.97. The number of phenols is 1. The number of rotatable bonds is 5. The highest BCUT2D eigenvalue weighted by Gasteiger charge is 2.15. The van der Waals surface area contributed by atoms with Gasteiger partial charge in [-0.05, 0) is 60.0 Å². The zero-order chi connectivity index (χ0) is 22.1. The average molecular weight is 452 g/mol. The number of anilines is 2. The van der Waals surface area contributed by atoms with Crippen molar-refractivity contribution in [1.82, 2.24) is 4.98 Å². The van der Waals surface area contributed by atoms with Gasteiger partial charge in [-0.25, -0.2) is 0 Å². The van der Waals surface area contributed by atoms with Crippen LogP contribution in [0.4, 0.5) is 11.4 Å². The summed E-state index contributed by atoms with van der Waals surface area (Å²) in [4.78, 5) is 16.8. The van der Waals surface area contributed by atoms with Crippen LogP contribution in [0.2, 0.25) is 10.0 Å². The van der Waals surface area contributed by atoms with E-state index in [9.17, 15) is 9.90 Å². The van der Waals surface area contributed by atoms with E-state index in [1.165, 1.54) is 6.92 Å². The average Bonchev–Trinajstić information content (AvgIpc) is 2.77. The number of hydrogen-bond donors (Lipinski definition) is 3. The standard InChI is InChI=1S/C24H19Cl2N3O2/c1-13(30)19-12-28-22-7-4-15(16-9-20(25)24(31)21(26)10-16)8-18(22)23(19)29-17-5-2-14(11-27)3-6-17/h2-10,12,31H,11,27H2,1H3,(H,28,29). The van der Waals surface area contributed by atoms with Crippen LogP contribution in [0, 0.1) is 0 Å². The Morgan fingerprint density at radius 3 is 2.32 bits per heavy atom. The van der Waals surface area contributed by atoms with Gasteiger partial charge >= 0.3 is 0 Å². The van der Waals surface area contributed by atoms with Crippen LogP contribution >= 0.6 is 23.2 Å². The third-order valence-corrected chi connectivity index (χ3v) is 5.63. The van der Waals surface area contributed by atoms with Gasteiger partial charge in [0.15, 0.2) is 11.5 Å². The molecule has 1 heterocycles. The number of ketones is 1. The highest BCUT2D eigenvalue weighted by atomic mass is 35.5. The van der Waals surface area contributed by atoms with Crippen molar-refractivity contribution in [3.05, 3.63) is 82.0 Å². The first-order chi connectivity index (χ1) is 14.9. The summed E-state index contributed by atoms with van der Waals surface area (Å²) in [5.74, 6) is -0.256. The Balaban J connectivity index is 1.88. The van der Waals surface area contributed by atoms with Crippen molar-refractivity contribution < 1.29 is 9.90 Å². The normalized spacial score (nSPS) is 11.0. The highest BCUT2D eigenvalue weighted by Crippen LogP contribution is 2.38. The van der Waals surface area contributed by atoms with Gasteiger partial charge in [0, 0.05) is 23.8 Å². The van der Waals surface area contributed by atoms with Gasteiger partial charge in [-0.15, -0.1) is 0 Å². The summed E-state index contributed by atoms with van der Waals surface area (Å²) < 4.78 is 0. The Morgan fingerprint density at radius 2 is 1.71 bits per heavy atom. The maximum atomic E-state index is 12.3. The van der Waals surface area contributed by atoms with Crippen LogP contribution in [-0.2, 0) is 6.54 Å². The van der Waals surface area contributed by atoms with Crippen LogP contribution in [-0.4, -0.2) is 15.9 Å². The number of Topliss-reactive ketones (excluding diaryl/α,β-unsaturated/α-hetero) is 1. The van der Waals surface area contributed by atoms with Crippen LogP contribution in [0.25, 0.3) is 22.0 Å². The van der Waals surface area contributed by atoms with Crippen LogP contribution in [0.5, 0.6) is 5.75 Å². The summed E-state index contributed by atoms with van der Waals surface area (Å²) in [5.41, 5.74) is 11.0. The molecule has 31 heavy (non-hydrogen) atoms. The second-order valence-electron chi connectivity index (χ2n) is 7.15. The third-order valence-electron chi connectivity index (χ3n) is 5.06. The van der Waals surface area contributed by atoms with Crippen molar-refractivity contribution in [1.29, 1.82) is 0 Å². The Labute approximate surface area is 189 Å². The van der Waals surface area contributed by atoms with Crippen LogP contribution in [0.15, 0.2) is 60.8 Å². The fourth-order valence-corrected chi connectivity index (χ4v) is 3.86. The zero-order valence-electron chi connectivity index (χ0n) is 16.6. The van der Waals surface area contributed by atoms with Gasteiger partial charge < -0.3 is 16.2 Å². The van der Waals surface area contributed by atoms with Crippen molar-refractivity contribution in [2.75, 3.05) is 5.32 Å². The van der Waals surface area contributed by atoms with Crippen LogP contribution < -0.4 is 11.1 Å². The Bertz CT molecular complexity index is 1280. The molecule has 0 bridgehead atoms. The maximum absolute atomic E-state index is 12.3. The van der Waals surface area contributed by atoms with Gasteiger partial charge in [-0.3, -0.25) is 9.78 Å². The fraction of sp³-hybridized carbons (Fsp3) is 0.0833. The summed E-state index contributed by atoms with van der Waals surface area (Å²) >= 11 is 12.2. The summed E-state index contributed by atoms with van der Waals surface area (Å²) in [5, 5.41) is 14.3. The number of nitrogens with zero attached hydrogens (tertiary/aromatic N) is 1. The van der Waals surface area contributed by atoms with Crippen molar-refractivity contribution in [3.8, 4) is 16.9 Å². The third kappa shape index (κ3) is 4.21. The van der Waals surface area contributed by atoms with E-state index in [4.69, 9.17) is 28.9 Å². The minimum absolute atomic E-state index is 0.100.